The van der Waals surface area contributed by atoms with E-state index in [9.17, 15) is 4.79 Å². The molecule has 0 N–H and O–H groups in total. The summed E-state index contributed by atoms with van der Waals surface area (Å²) in [7, 11) is 0. The Morgan fingerprint density at radius 2 is 2.09 bits per heavy atom. The van der Waals surface area contributed by atoms with E-state index in [2.05, 4.69) is 25.1 Å². The molecule has 2 saturated heterocycles. The molecule has 5 heterocycles. The third-order valence-electron chi connectivity index (χ3n) is 6.40. The third kappa shape index (κ3) is 3.75. The van der Waals surface area contributed by atoms with Crippen molar-refractivity contribution in [1.82, 2.24) is 25.1 Å². The number of carbonyl (C=O) groups excluding carboxylic acids is 1. The highest BCUT2D eigenvalue weighted by Gasteiger charge is 2.58. The van der Waals surface area contributed by atoms with Crippen molar-refractivity contribution in [3.05, 3.63) is 74.6 Å². The highest BCUT2D eigenvalue weighted by Crippen LogP contribution is 2.50. The SMILES string of the molecule is O=C(c1cncs1)N1CC(c2nnc(Cc3ccc(Cl)c(Cl)c3)o2)C2(C1)CN(c1ncco1)C2. The molecule has 0 radical (unpaired) electrons. The third-order valence-corrected chi connectivity index (χ3v) is 7.90. The van der Waals surface area contributed by atoms with E-state index in [4.69, 9.17) is 32.0 Å². The summed E-state index contributed by atoms with van der Waals surface area (Å²) in [5.74, 6) is 0.876. The minimum atomic E-state index is -0.234. The van der Waals surface area contributed by atoms with Gasteiger partial charge in [0.15, 0.2) is 0 Å². The van der Waals surface area contributed by atoms with Crippen LogP contribution in [0, 0.1) is 5.41 Å². The van der Waals surface area contributed by atoms with Gasteiger partial charge in [0.25, 0.3) is 11.9 Å². The molecule has 0 bridgehead atoms. The summed E-state index contributed by atoms with van der Waals surface area (Å²) in [6.07, 6.45) is 5.23. The molecular formula is C22H18Cl2N6O3S. The number of oxazole rings is 1. The van der Waals surface area contributed by atoms with Crippen molar-refractivity contribution in [2.45, 2.75) is 12.3 Å². The standard InChI is InChI=1S/C22H18Cl2N6O3S/c23-15-2-1-13(5-16(15)24)6-18-27-28-19(33-18)14-8-29(20(31)17-7-25-12-34-17)9-22(14)10-30(11-22)21-26-3-4-32-21/h1-5,7,12,14H,6,8-11H2. The van der Waals surface area contributed by atoms with Gasteiger partial charge in [0.05, 0.1) is 40.3 Å². The zero-order chi connectivity index (χ0) is 23.3. The first-order chi connectivity index (χ1) is 16.5. The Bertz CT molecular complexity index is 1320. The summed E-state index contributed by atoms with van der Waals surface area (Å²) in [4.78, 5) is 25.9. The van der Waals surface area contributed by atoms with Gasteiger partial charge in [-0.3, -0.25) is 9.78 Å². The van der Waals surface area contributed by atoms with Crippen LogP contribution in [0.3, 0.4) is 0 Å². The predicted molar refractivity (Wildman–Crippen MR) is 125 cm³/mol. The van der Waals surface area contributed by atoms with Gasteiger partial charge in [-0.05, 0) is 17.7 Å². The van der Waals surface area contributed by atoms with Crippen LogP contribution in [0.15, 0.2) is 51.2 Å². The molecule has 2 aliphatic rings. The first-order valence-corrected chi connectivity index (χ1v) is 12.2. The second-order valence-electron chi connectivity index (χ2n) is 8.60. The molecule has 1 aromatic carbocycles. The quantitative estimate of drug-likeness (QED) is 0.389. The molecular weight excluding hydrogens is 499 g/mol. The van der Waals surface area contributed by atoms with Gasteiger partial charge in [-0.1, -0.05) is 29.3 Å². The van der Waals surface area contributed by atoms with Crippen LogP contribution in [0.2, 0.25) is 10.0 Å². The van der Waals surface area contributed by atoms with E-state index in [1.165, 1.54) is 11.3 Å². The van der Waals surface area contributed by atoms with E-state index >= 15 is 0 Å². The lowest BCUT2D eigenvalue weighted by Crippen LogP contribution is -2.60. The molecule has 1 spiro atoms. The molecule has 12 heteroatoms. The fourth-order valence-electron chi connectivity index (χ4n) is 4.79. The number of aromatic nitrogens is 4. The highest BCUT2D eigenvalue weighted by molar-refractivity contribution is 7.11. The maximum absolute atomic E-state index is 13.1. The number of hydrogen-bond acceptors (Lipinski definition) is 9. The smallest absolute Gasteiger partial charge is 0.297 e. The maximum atomic E-state index is 13.1. The van der Waals surface area contributed by atoms with Crippen molar-refractivity contribution in [2.75, 3.05) is 31.1 Å². The second-order valence-corrected chi connectivity index (χ2v) is 10.3. The molecule has 0 aliphatic carbocycles. The van der Waals surface area contributed by atoms with E-state index in [1.807, 2.05) is 11.0 Å². The molecule has 2 fully saturated rings. The van der Waals surface area contributed by atoms with Crippen molar-refractivity contribution < 1.29 is 13.6 Å². The summed E-state index contributed by atoms with van der Waals surface area (Å²) in [6.45, 7) is 2.42. The largest absolute Gasteiger partial charge is 0.432 e. The first-order valence-electron chi connectivity index (χ1n) is 10.6. The Kier molecular flexibility index (Phi) is 5.31. The zero-order valence-electron chi connectivity index (χ0n) is 17.7. The number of thiazole rings is 1. The molecule has 174 valence electrons. The van der Waals surface area contributed by atoms with Crippen LogP contribution in [0.25, 0.3) is 0 Å². The van der Waals surface area contributed by atoms with Crippen LogP contribution in [-0.4, -0.2) is 57.2 Å². The molecule has 3 aromatic heterocycles. The van der Waals surface area contributed by atoms with Crippen LogP contribution in [0.5, 0.6) is 0 Å². The molecule has 34 heavy (non-hydrogen) atoms. The number of likely N-dealkylation sites (tertiary alicyclic amines) is 1. The molecule has 2 aliphatic heterocycles. The van der Waals surface area contributed by atoms with Crippen molar-refractivity contribution in [3.63, 3.8) is 0 Å². The first kappa shape index (κ1) is 21.6. The van der Waals surface area contributed by atoms with Gasteiger partial charge < -0.3 is 18.6 Å². The minimum Gasteiger partial charge on any atom is -0.432 e. The number of carbonyl (C=O) groups is 1. The van der Waals surface area contributed by atoms with E-state index in [0.717, 1.165) is 5.56 Å². The predicted octanol–water partition coefficient (Wildman–Crippen LogP) is 4.16. The van der Waals surface area contributed by atoms with E-state index in [1.54, 1.807) is 36.3 Å². The Hall–Kier alpha value is -2.95. The molecule has 1 amide bonds. The van der Waals surface area contributed by atoms with E-state index in [-0.39, 0.29) is 17.2 Å². The average Bonchev–Trinajstić information content (AvgIpc) is 3.60. The number of halogens is 2. The summed E-state index contributed by atoms with van der Waals surface area (Å²) < 4.78 is 11.6. The lowest BCUT2D eigenvalue weighted by molar-refractivity contribution is 0.0765. The zero-order valence-corrected chi connectivity index (χ0v) is 20.1. The minimum absolute atomic E-state index is 0.0329. The van der Waals surface area contributed by atoms with Gasteiger partial charge in [-0.2, -0.15) is 0 Å². The summed E-state index contributed by atoms with van der Waals surface area (Å²) in [5, 5.41) is 9.62. The average molecular weight is 517 g/mol. The second kappa shape index (κ2) is 8.37. The van der Waals surface area contributed by atoms with Gasteiger partial charge in [-0.15, -0.1) is 21.5 Å². The molecule has 6 rings (SSSR count). The fourth-order valence-corrected chi connectivity index (χ4v) is 5.69. The molecule has 4 aromatic rings. The van der Waals surface area contributed by atoms with E-state index < -0.39 is 0 Å². The Balaban J connectivity index is 1.25. The van der Waals surface area contributed by atoms with Gasteiger partial charge in [0, 0.05) is 31.6 Å². The summed E-state index contributed by atoms with van der Waals surface area (Å²) in [5.41, 5.74) is 2.35. The monoisotopic (exact) mass is 516 g/mol. The number of rotatable bonds is 5. The fraction of sp³-hybridized carbons (Fsp3) is 0.318. The van der Waals surface area contributed by atoms with Gasteiger partial charge >= 0.3 is 0 Å². The van der Waals surface area contributed by atoms with E-state index in [0.29, 0.717) is 65.3 Å². The van der Waals surface area contributed by atoms with Crippen molar-refractivity contribution in [3.8, 4) is 0 Å². The number of amides is 1. The number of nitrogens with zero attached hydrogens (tertiary/aromatic N) is 6. The number of anilines is 1. The number of benzene rings is 1. The molecule has 1 atom stereocenters. The Morgan fingerprint density at radius 3 is 2.82 bits per heavy atom. The summed E-state index contributed by atoms with van der Waals surface area (Å²) in [6, 6.07) is 5.99. The number of hydrogen-bond donors (Lipinski definition) is 0. The lowest BCUT2D eigenvalue weighted by Gasteiger charge is -2.49. The lowest BCUT2D eigenvalue weighted by atomic mass is 9.71. The molecule has 1 unspecified atom stereocenters. The topological polar surface area (TPSA) is 101 Å². The van der Waals surface area contributed by atoms with Crippen molar-refractivity contribution in [1.29, 1.82) is 0 Å². The van der Waals surface area contributed by atoms with Crippen LogP contribution in [-0.2, 0) is 6.42 Å². The normalized spacial score (nSPS) is 19.1. The van der Waals surface area contributed by atoms with Crippen molar-refractivity contribution >= 4 is 46.5 Å². The molecule has 0 saturated carbocycles. The highest BCUT2D eigenvalue weighted by atomic mass is 35.5. The Labute approximate surface area is 208 Å². The Morgan fingerprint density at radius 1 is 1.21 bits per heavy atom. The van der Waals surface area contributed by atoms with Crippen molar-refractivity contribution in [2.24, 2.45) is 5.41 Å². The van der Waals surface area contributed by atoms with Crippen LogP contribution in [0.1, 0.15) is 32.9 Å². The van der Waals surface area contributed by atoms with Gasteiger partial charge in [0.1, 0.15) is 11.1 Å². The van der Waals surface area contributed by atoms with Crippen LogP contribution >= 0.6 is 34.5 Å². The van der Waals surface area contributed by atoms with Crippen LogP contribution < -0.4 is 4.90 Å². The molecule has 9 nitrogen and oxygen atoms in total. The van der Waals surface area contributed by atoms with Gasteiger partial charge in [0.2, 0.25) is 11.8 Å². The summed E-state index contributed by atoms with van der Waals surface area (Å²) >= 11 is 13.5. The van der Waals surface area contributed by atoms with Crippen LogP contribution in [0.4, 0.5) is 6.01 Å². The van der Waals surface area contributed by atoms with Gasteiger partial charge in [-0.25, -0.2) is 4.98 Å². The maximum Gasteiger partial charge on any atom is 0.297 e.